The van der Waals surface area contributed by atoms with Gasteiger partial charge in [-0.3, -0.25) is 0 Å². The first kappa shape index (κ1) is 17.0. The summed E-state index contributed by atoms with van der Waals surface area (Å²) in [5.74, 6) is 0. The van der Waals surface area contributed by atoms with Crippen molar-refractivity contribution < 1.29 is 13.2 Å². The minimum Gasteiger partial charge on any atom is -0.160 e. The summed E-state index contributed by atoms with van der Waals surface area (Å²) in [5, 5.41) is 0. The highest BCUT2D eigenvalue weighted by Crippen LogP contribution is 2.38. The minimum absolute atomic E-state index is 0.0841. The van der Waals surface area contributed by atoms with Gasteiger partial charge in [0.2, 0.25) is 0 Å². The van der Waals surface area contributed by atoms with E-state index in [0.717, 1.165) is 14.7 Å². The van der Waals surface area contributed by atoms with Crippen molar-refractivity contribution in [1.29, 1.82) is 0 Å². The summed E-state index contributed by atoms with van der Waals surface area (Å²) in [7, 11) is -0.337. The van der Waals surface area contributed by atoms with Crippen LogP contribution < -0.4 is 0 Å². The van der Waals surface area contributed by atoms with Crippen LogP contribution in [0.3, 0.4) is 0 Å². The highest BCUT2D eigenvalue weighted by Gasteiger charge is 2.31. The lowest BCUT2D eigenvalue weighted by molar-refractivity contribution is -0.0328. The lowest BCUT2D eigenvalue weighted by Gasteiger charge is -2.09. The second-order valence-corrected chi connectivity index (χ2v) is 8.12. The van der Waals surface area contributed by atoms with Crippen LogP contribution in [-0.2, 0) is 10.9 Å². The fourth-order valence-electron chi connectivity index (χ4n) is 2.30. The number of benzene rings is 3. The smallest absolute Gasteiger partial charge is 0.160 e. The molecule has 0 N–H and O–H groups in total. The Kier molecular flexibility index (Phi) is 5.21. The molecule has 0 aliphatic carbocycles. The van der Waals surface area contributed by atoms with Crippen molar-refractivity contribution in [3.8, 4) is 0 Å². The molecule has 3 aromatic rings. The summed E-state index contributed by atoms with van der Waals surface area (Å²) in [4.78, 5) is 3.48. The molecule has 0 bridgehead atoms. The molecule has 3 aromatic carbocycles. The second-order valence-electron chi connectivity index (χ2n) is 4.95. The molecule has 0 heterocycles. The van der Waals surface area contributed by atoms with Crippen LogP contribution in [0.25, 0.3) is 0 Å². The molecule has 122 valence electrons. The van der Waals surface area contributed by atoms with Crippen molar-refractivity contribution in [1.82, 2.24) is 0 Å². The summed E-state index contributed by atoms with van der Waals surface area (Å²) >= 11 is -0.0841. The number of hydrogen-bond donors (Lipinski definition) is 0. The first-order chi connectivity index (χ1) is 11.5. The van der Waals surface area contributed by atoms with Gasteiger partial charge in [0, 0.05) is 4.90 Å². The first-order valence-electron chi connectivity index (χ1n) is 7.23. The minimum atomic E-state index is -4.26. The van der Waals surface area contributed by atoms with Gasteiger partial charge in [0.15, 0.2) is 14.7 Å². The summed E-state index contributed by atoms with van der Waals surface area (Å²) < 4.78 is 37.5. The molecule has 0 unspecified atom stereocenters. The molecule has 0 spiro atoms. The summed E-state index contributed by atoms with van der Waals surface area (Å²) in [6.07, 6.45) is 0. The fourth-order valence-corrected chi connectivity index (χ4v) is 4.92. The van der Waals surface area contributed by atoms with E-state index in [0.29, 0.717) is 0 Å². The molecule has 0 radical (unpaired) electrons. The van der Waals surface area contributed by atoms with Crippen LogP contribution in [0, 0.1) is 0 Å². The Balaban J connectivity index is 1.98. The molecule has 0 saturated carbocycles. The topological polar surface area (TPSA) is 0 Å². The molecule has 0 saturated heterocycles. The molecular weight excluding hydrogens is 349 g/mol. The van der Waals surface area contributed by atoms with Gasteiger partial charge in [0.1, 0.15) is 0 Å². The average Bonchev–Trinajstić information content (AvgIpc) is 2.57. The largest absolute Gasteiger partial charge is 0.446 e. The molecule has 0 aromatic heterocycles. The van der Waals surface area contributed by atoms with E-state index in [1.54, 1.807) is 24.3 Å². The van der Waals surface area contributed by atoms with Crippen LogP contribution in [0.4, 0.5) is 13.2 Å². The van der Waals surface area contributed by atoms with Crippen LogP contribution in [0.5, 0.6) is 0 Å². The Morgan fingerprint density at radius 2 is 1.00 bits per heavy atom. The van der Waals surface area contributed by atoms with Gasteiger partial charge >= 0.3 is 5.51 Å². The van der Waals surface area contributed by atoms with Gasteiger partial charge in [0.25, 0.3) is 0 Å². The third-order valence-electron chi connectivity index (χ3n) is 3.25. The molecule has 0 aliphatic heterocycles. The van der Waals surface area contributed by atoms with Crippen molar-refractivity contribution in [3.63, 3.8) is 0 Å². The van der Waals surface area contributed by atoms with E-state index in [1.165, 1.54) is 0 Å². The number of hydrogen-bond acceptors (Lipinski definition) is 1. The predicted octanol–water partition coefficient (Wildman–Crippen LogP) is 6.39. The molecule has 5 heteroatoms. The summed E-state index contributed by atoms with van der Waals surface area (Å²) in [6.45, 7) is 0. The van der Waals surface area contributed by atoms with Crippen molar-refractivity contribution in [2.75, 3.05) is 0 Å². The molecule has 0 amide bonds. The van der Waals surface area contributed by atoms with Crippen molar-refractivity contribution in [2.24, 2.45) is 0 Å². The fraction of sp³-hybridized carbons (Fsp3) is 0.0526. The number of rotatable bonds is 4. The van der Waals surface area contributed by atoms with Gasteiger partial charge < -0.3 is 0 Å². The Bertz CT molecular complexity index is 730. The van der Waals surface area contributed by atoms with Crippen LogP contribution >= 0.6 is 11.8 Å². The average molecular weight is 363 g/mol. The van der Waals surface area contributed by atoms with E-state index in [2.05, 4.69) is 24.3 Å². The molecule has 24 heavy (non-hydrogen) atoms. The van der Waals surface area contributed by atoms with E-state index in [4.69, 9.17) is 0 Å². The summed E-state index contributed by atoms with van der Waals surface area (Å²) in [6, 6.07) is 26.7. The third kappa shape index (κ3) is 4.36. The van der Waals surface area contributed by atoms with Crippen LogP contribution in [0.2, 0.25) is 0 Å². The van der Waals surface area contributed by atoms with Crippen LogP contribution in [-0.4, -0.2) is 5.51 Å². The Hall–Kier alpha value is -1.85. The van der Waals surface area contributed by atoms with Crippen molar-refractivity contribution in [3.05, 3.63) is 84.9 Å². The van der Waals surface area contributed by atoms with Crippen molar-refractivity contribution in [2.45, 2.75) is 25.1 Å². The summed E-state index contributed by atoms with van der Waals surface area (Å²) in [5.41, 5.74) is -4.26. The lowest BCUT2D eigenvalue weighted by Crippen LogP contribution is -2.04. The molecule has 3 rings (SSSR count). The zero-order valence-corrected chi connectivity index (χ0v) is 14.2. The Labute approximate surface area is 146 Å². The van der Waals surface area contributed by atoms with Gasteiger partial charge in [-0.15, -0.1) is 0 Å². The predicted molar refractivity (Wildman–Crippen MR) is 93.4 cm³/mol. The van der Waals surface area contributed by atoms with Crippen molar-refractivity contribution >= 4 is 22.7 Å². The molecular formula is C19H14F3S2+. The molecule has 0 nitrogen and oxygen atoms in total. The maximum absolute atomic E-state index is 12.5. The third-order valence-corrected chi connectivity index (χ3v) is 6.22. The van der Waals surface area contributed by atoms with Crippen LogP contribution in [0.15, 0.2) is 105 Å². The lowest BCUT2D eigenvalue weighted by atomic mass is 10.4. The monoisotopic (exact) mass is 363 g/mol. The first-order valence-corrected chi connectivity index (χ1v) is 9.27. The highest BCUT2D eigenvalue weighted by atomic mass is 32.2. The number of halogens is 3. The van der Waals surface area contributed by atoms with Gasteiger partial charge in [-0.1, -0.05) is 36.4 Å². The molecule has 0 atom stereocenters. The highest BCUT2D eigenvalue weighted by molar-refractivity contribution is 8.00. The zero-order chi connectivity index (χ0) is 17.0. The second kappa shape index (κ2) is 7.36. The van der Waals surface area contributed by atoms with E-state index in [1.807, 2.05) is 36.4 Å². The van der Waals surface area contributed by atoms with E-state index in [9.17, 15) is 13.2 Å². The van der Waals surface area contributed by atoms with Gasteiger partial charge in [-0.05, 0) is 60.3 Å². The Morgan fingerprint density at radius 1 is 0.583 bits per heavy atom. The van der Waals surface area contributed by atoms with Gasteiger partial charge in [-0.2, -0.15) is 13.2 Å². The maximum Gasteiger partial charge on any atom is 0.446 e. The molecule has 0 aliphatic rings. The number of thioether (sulfide) groups is 1. The standard InChI is InChI=1S/C19H14F3S2/c20-19(21,22)23-15-11-13-18(14-12-15)24(16-7-3-1-4-8-16)17-9-5-2-6-10-17/h1-14H/q+1. The van der Waals surface area contributed by atoms with E-state index in [-0.39, 0.29) is 27.6 Å². The zero-order valence-electron chi connectivity index (χ0n) is 12.5. The normalized spacial score (nSPS) is 11.7. The Morgan fingerprint density at radius 3 is 1.42 bits per heavy atom. The van der Waals surface area contributed by atoms with Crippen LogP contribution in [0.1, 0.15) is 0 Å². The van der Waals surface area contributed by atoms with Gasteiger partial charge in [0.05, 0.1) is 10.9 Å². The molecule has 0 fully saturated rings. The van der Waals surface area contributed by atoms with E-state index < -0.39 is 5.51 Å². The SMILES string of the molecule is FC(F)(F)Sc1ccc([S+](c2ccccc2)c2ccccc2)cc1. The quantitative estimate of drug-likeness (QED) is 0.382. The number of alkyl halides is 3. The van der Waals surface area contributed by atoms with E-state index >= 15 is 0 Å². The van der Waals surface area contributed by atoms with Gasteiger partial charge in [-0.25, -0.2) is 0 Å². The maximum atomic E-state index is 12.5.